The number of esters is 1. The molecule has 140 valence electrons. The number of rotatable bonds is 4. The molecule has 2 rings (SSSR count). The second-order valence-electron chi connectivity index (χ2n) is 4.77. The van der Waals surface area contributed by atoms with Crippen LogP contribution in [0, 0.1) is 0 Å². The van der Waals surface area contributed by atoms with Crippen molar-refractivity contribution in [2.45, 2.75) is 12.7 Å². The van der Waals surface area contributed by atoms with Crippen molar-refractivity contribution in [3.63, 3.8) is 0 Å². The van der Waals surface area contributed by atoms with Gasteiger partial charge in [-0.3, -0.25) is 0 Å². The first kappa shape index (κ1) is 21.0. The fourth-order valence-electron chi connectivity index (χ4n) is 1.59. The van der Waals surface area contributed by atoms with Crippen LogP contribution in [0.3, 0.4) is 0 Å². The summed E-state index contributed by atoms with van der Waals surface area (Å²) in [6.07, 6.45) is -5.08. The summed E-state index contributed by atoms with van der Waals surface area (Å²) in [5.74, 6) is -1.96. The van der Waals surface area contributed by atoms with Gasteiger partial charge in [0.2, 0.25) is 0 Å². The SMILES string of the molecule is COc1ccc(OC(=O)c2ccc(CN)cc2)cc1.O=C(O)C(F)(F)F. The molecule has 0 atom stereocenters. The first-order chi connectivity index (χ1) is 12.2. The molecule has 0 unspecified atom stereocenters. The van der Waals surface area contributed by atoms with Gasteiger partial charge in [-0.2, -0.15) is 13.2 Å². The summed E-state index contributed by atoms with van der Waals surface area (Å²) in [7, 11) is 1.58. The van der Waals surface area contributed by atoms with Gasteiger partial charge < -0.3 is 20.3 Å². The zero-order valence-electron chi connectivity index (χ0n) is 13.6. The van der Waals surface area contributed by atoms with Crippen molar-refractivity contribution in [3.05, 3.63) is 59.7 Å². The predicted octanol–water partition coefficient (Wildman–Crippen LogP) is 3.01. The number of alkyl halides is 3. The van der Waals surface area contributed by atoms with Gasteiger partial charge in [-0.25, -0.2) is 9.59 Å². The van der Waals surface area contributed by atoms with Gasteiger partial charge in [0.1, 0.15) is 11.5 Å². The van der Waals surface area contributed by atoms with E-state index in [2.05, 4.69) is 0 Å². The van der Waals surface area contributed by atoms with Gasteiger partial charge in [0.05, 0.1) is 12.7 Å². The molecule has 9 heteroatoms. The summed E-state index contributed by atoms with van der Waals surface area (Å²) in [5.41, 5.74) is 6.97. The molecule has 0 aliphatic rings. The number of aliphatic carboxylic acids is 1. The molecule has 0 aliphatic heterocycles. The van der Waals surface area contributed by atoms with E-state index < -0.39 is 18.1 Å². The third-order valence-corrected chi connectivity index (χ3v) is 2.94. The molecular formula is C17H16F3NO5. The Morgan fingerprint density at radius 1 is 1.00 bits per heavy atom. The summed E-state index contributed by atoms with van der Waals surface area (Å²) in [6, 6.07) is 13.9. The Morgan fingerprint density at radius 3 is 1.85 bits per heavy atom. The van der Waals surface area contributed by atoms with Crippen LogP contribution in [0.2, 0.25) is 0 Å². The van der Waals surface area contributed by atoms with E-state index in [-0.39, 0.29) is 0 Å². The average Bonchev–Trinajstić information content (AvgIpc) is 2.62. The second-order valence-corrected chi connectivity index (χ2v) is 4.77. The largest absolute Gasteiger partial charge is 0.497 e. The lowest BCUT2D eigenvalue weighted by Gasteiger charge is -2.06. The lowest BCUT2D eigenvalue weighted by molar-refractivity contribution is -0.192. The average molecular weight is 371 g/mol. The molecule has 3 N–H and O–H groups in total. The van der Waals surface area contributed by atoms with Crippen molar-refractivity contribution in [2.24, 2.45) is 5.73 Å². The van der Waals surface area contributed by atoms with E-state index in [1.165, 1.54) is 0 Å². The number of halogens is 3. The maximum absolute atomic E-state index is 11.9. The molecule has 0 bridgehead atoms. The van der Waals surface area contributed by atoms with Gasteiger partial charge in [-0.1, -0.05) is 12.1 Å². The summed E-state index contributed by atoms with van der Waals surface area (Å²) in [5, 5.41) is 7.12. The van der Waals surface area contributed by atoms with Crippen molar-refractivity contribution in [1.29, 1.82) is 0 Å². The van der Waals surface area contributed by atoms with Crippen LogP contribution in [0.5, 0.6) is 11.5 Å². The molecule has 0 amide bonds. The minimum Gasteiger partial charge on any atom is -0.497 e. The minimum absolute atomic E-state index is 0.395. The van der Waals surface area contributed by atoms with Crippen LogP contribution < -0.4 is 15.2 Å². The van der Waals surface area contributed by atoms with E-state index in [1.54, 1.807) is 43.5 Å². The molecule has 0 heterocycles. The third kappa shape index (κ3) is 6.81. The van der Waals surface area contributed by atoms with Crippen LogP contribution in [0.15, 0.2) is 48.5 Å². The number of methoxy groups -OCH3 is 1. The molecule has 0 saturated carbocycles. The summed E-state index contributed by atoms with van der Waals surface area (Å²) in [6.45, 7) is 0.452. The van der Waals surface area contributed by atoms with Gasteiger partial charge in [0, 0.05) is 6.54 Å². The Bertz CT molecular complexity index is 728. The van der Waals surface area contributed by atoms with E-state index >= 15 is 0 Å². The molecule has 6 nitrogen and oxygen atoms in total. The number of carbonyl (C=O) groups excluding carboxylic acids is 1. The highest BCUT2D eigenvalue weighted by Crippen LogP contribution is 2.18. The number of hydrogen-bond acceptors (Lipinski definition) is 5. The lowest BCUT2D eigenvalue weighted by Crippen LogP contribution is -2.21. The smallest absolute Gasteiger partial charge is 0.490 e. The monoisotopic (exact) mass is 371 g/mol. The van der Waals surface area contributed by atoms with Crippen molar-refractivity contribution in [3.8, 4) is 11.5 Å². The maximum atomic E-state index is 11.9. The lowest BCUT2D eigenvalue weighted by atomic mass is 10.1. The van der Waals surface area contributed by atoms with Gasteiger partial charge >= 0.3 is 18.1 Å². The standard InChI is InChI=1S/C15H15NO3.C2HF3O2/c1-18-13-6-8-14(9-7-13)19-15(17)12-4-2-11(10-16)3-5-12;3-2(4,5)1(6)7/h2-9H,10,16H2,1H3;(H,6,7). The van der Waals surface area contributed by atoms with Crippen LogP contribution in [-0.4, -0.2) is 30.3 Å². The fraction of sp³-hybridized carbons (Fsp3) is 0.176. The summed E-state index contributed by atoms with van der Waals surface area (Å²) in [4.78, 5) is 20.8. The van der Waals surface area contributed by atoms with Crippen molar-refractivity contribution in [2.75, 3.05) is 7.11 Å². The first-order valence-corrected chi connectivity index (χ1v) is 7.12. The van der Waals surface area contributed by atoms with Crippen molar-refractivity contribution < 1.29 is 37.3 Å². The predicted molar refractivity (Wildman–Crippen MR) is 86.0 cm³/mol. The normalized spacial score (nSPS) is 10.3. The molecule has 0 aromatic heterocycles. The van der Waals surface area contributed by atoms with E-state index in [1.807, 2.05) is 12.1 Å². The Hall–Kier alpha value is -3.07. The number of nitrogens with two attached hydrogens (primary N) is 1. The van der Waals surface area contributed by atoms with E-state index in [0.29, 0.717) is 23.6 Å². The van der Waals surface area contributed by atoms with Crippen LogP contribution >= 0.6 is 0 Å². The molecule has 0 spiro atoms. The van der Waals surface area contributed by atoms with Gasteiger partial charge in [-0.15, -0.1) is 0 Å². The molecule has 2 aromatic rings. The highest BCUT2D eigenvalue weighted by atomic mass is 19.4. The molecular weight excluding hydrogens is 355 g/mol. The number of carbonyl (C=O) groups is 2. The highest BCUT2D eigenvalue weighted by Gasteiger charge is 2.38. The second kappa shape index (κ2) is 9.42. The molecule has 26 heavy (non-hydrogen) atoms. The Labute approximate surface area is 146 Å². The number of ether oxygens (including phenoxy) is 2. The fourth-order valence-corrected chi connectivity index (χ4v) is 1.59. The van der Waals surface area contributed by atoms with Crippen LogP contribution in [0.4, 0.5) is 13.2 Å². The summed E-state index contributed by atoms with van der Waals surface area (Å²) >= 11 is 0. The van der Waals surface area contributed by atoms with Gasteiger partial charge in [-0.05, 0) is 42.0 Å². The Morgan fingerprint density at radius 2 is 1.46 bits per heavy atom. The number of carboxylic acids is 1. The third-order valence-electron chi connectivity index (χ3n) is 2.94. The van der Waals surface area contributed by atoms with Gasteiger partial charge in [0.25, 0.3) is 0 Å². The quantitative estimate of drug-likeness (QED) is 0.633. The Kier molecular flexibility index (Phi) is 7.60. The molecule has 0 fully saturated rings. The van der Waals surface area contributed by atoms with Gasteiger partial charge in [0.15, 0.2) is 0 Å². The number of hydrogen-bond donors (Lipinski definition) is 2. The maximum Gasteiger partial charge on any atom is 0.490 e. The molecule has 0 saturated heterocycles. The topological polar surface area (TPSA) is 98.9 Å². The number of carboxylic acid groups (broad SMARTS) is 1. The zero-order chi connectivity index (χ0) is 19.7. The minimum atomic E-state index is -5.08. The molecule has 0 aliphatic carbocycles. The van der Waals surface area contributed by atoms with E-state index in [0.717, 1.165) is 5.56 Å². The van der Waals surface area contributed by atoms with Crippen LogP contribution in [0.25, 0.3) is 0 Å². The van der Waals surface area contributed by atoms with E-state index in [9.17, 15) is 18.0 Å². The van der Waals surface area contributed by atoms with Crippen LogP contribution in [0.1, 0.15) is 15.9 Å². The van der Waals surface area contributed by atoms with Crippen LogP contribution in [-0.2, 0) is 11.3 Å². The zero-order valence-corrected chi connectivity index (χ0v) is 13.6. The first-order valence-electron chi connectivity index (χ1n) is 7.12. The summed E-state index contributed by atoms with van der Waals surface area (Å²) < 4.78 is 42.0. The van der Waals surface area contributed by atoms with Crippen molar-refractivity contribution >= 4 is 11.9 Å². The Balaban J connectivity index is 0.000000412. The molecule has 0 radical (unpaired) electrons. The molecule has 2 aromatic carbocycles. The highest BCUT2D eigenvalue weighted by molar-refractivity contribution is 5.91. The van der Waals surface area contributed by atoms with E-state index in [4.69, 9.17) is 25.1 Å². The van der Waals surface area contributed by atoms with Crippen molar-refractivity contribution in [1.82, 2.24) is 0 Å². The number of benzene rings is 2.